The Balaban J connectivity index is 2.13. The summed E-state index contributed by atoms with van der Waals surface area (Å²) in [5.41, 5.74) is -0.872. The Hall–Kier alpha value is -1.58. The third-order valence-corrected chi connectivity index (χ3v) is 5.26. The quantitative estimate of drug-likeness (QED) is 0.522. The molecule has 5 nitrogen and oxygen atoms in total. The third kappa shape index (κ3) is 5.74. The number of ether oxygens (including phenoxy) is 1. The summed E-state index contributed by atoms with van der Waals surface area (Å²) in [6.45, 7) is 10.1. The maximum Gasteiger partial charge on any atom is 0.494 e. The van der Waals surface area contributed by atoms with Crippen LogP contribution < -0.4 is 10.8 Å². The third-order valence-electron chi connectivity index (χ3n) is 5.26. The Morgan fingerprint density at radius 3 is 2.10 bits per heavy atom. The number of hydrogen-bond donors (Lipinski definition) is 1. The highest BCUT2D eigenvalue weighted by molar-refractivity contribution is 6.62. The van der Waals surface area contributed by atoms with Crippen molar-refractivity contribution in [1.82, 2.24) is 5.32 Å². The van der Waals surface area contributed by atoms with Crippen LogP contribution >= 0.6 is 0 Å². The van der Waals surface area contributed by atoms with Crippen molar-refractivity contribution >= 4 is 18.5 Å². The van der Waals surface area contributed by atoms with Gasteiger partial charge in [-0.05, 0) is 52.6 Å². The van der Waals surface area contributed by atoms with Gasteiger partial charge >= 0.3 is 13.5 Å². The molecule has 0 aliphatic carbocycles. The number of halogens is 3. The first-order valence-corrected chi connectivity index (χ1v) is 9.57. The van der Waals surface area contributed by atoms with Gasteiger partial charge in [-0.25, -0.2) is 0 Å². The van der Waals surface area contributed by atoms with Crippen LogP contribution in [0, 0.1) is 0 Å². The molecule has 1 aliphatic heterocycles. The number of benzene rings is 1. The molecule has 0 saturated carbocycles. The van der Waals surface area contributed by atoms with E-state index in [4.69, 9.17) is 14.0 Å². The van der Waals surface area contributed by atoms with Gasteiger partial charge in [-0.3, -0.25) is 9.18 Å². The fourth-order valence-corrected chi connectivity index (χ4v) is 2.98. The Bertz CT molecular complexity index is 694. The van der Waals surface area contributed by atoms with Crippen LogP contribution in [0.4, 0.5) is 13.2 Å². The Morgan fingerprint density at radius 1 is 1.14 bits per heavy atom. The summed E-state index contributed by atoms with van der Waals surface area (Å²) in [7, 11) is -0.531. The highest BCUT2D eigenvalue weighted by Crippen LogP contribution is 2.36. The summed E-state index contributed by atoms with van der Waals surface area (Å²) in [4.78, 5) is 11.3. The molecule has 1 aromatic carbocycles. The van der Waals surface area contributed by atoms with Crippen LogP contribution in [0.3, 0.4) is 0 Å². The first kappa shape index (κ1) is 23.7. The van der Waals surface area contributed by atoms with E-state index in [2.05, 4.69) is 5.32 Å². The van der Waals surface area contributed by atoms with E-state index < -0.39 is 49.2 Å². The van der Waals surface area contributed by atoms with Gasteiger partial charge in [0.25, 0.3) is 5.91 Å². The number of alkyl halides is 3. The van der Waals surface area contributed by atoms with Crippen LogP contribution in [0.1, 0.15) is 59.6 Å². The lowest BCUT2D eigenvalue weighted by Gasteiger charge is -2.32. The van der Waals surface area contributed by atoms with Gasteiger partial charge in [-0.15, -0.1) is 0 Å². The van der Waals surface area contributed by atoms with Gasteiger partial charge in [0.15, 0.2) is 0 Å². The first-order chi connectivity index (χ1) is 13.3. The van der Waals surface area contributed by atoms with E-state index in [1.807, 2.05) is 27.7 Å². The van der Waals surface area contributed by atoms with E-state index in [1.54, 1.807) is 24.3 Å². The second-order valence-corrected chi connectivity index (χ2v) is 8.64. The normalized spacial score (nSPS) is 19.4. The van der Waals surface area contributed by atoms with Gasteiger partial charge in [-0.1, -0.05) is 24.3 Å². The predicted octanol–water partition coefficient (Wildman–Crippen LogP) is 3.52. The van der Waals surface area contributed by atoms with Crippen molar-refractivity contribution in [1.29, 1.82) is 0 Å². The van der Waals surface area contributed by atoms with Crippen molar-refractivity contribution in [3.05, 3.63) is 29.8 Å². The topological polar surface area (TPSA) is 56.8 Å². The molecule has 1 aromatic rings. The van der Waals surface area contributed by atoms with Crippen molar-refractivity contribution in [2.75, 3.05) is 6.67 Å². The zero-order chi connectivity index (χ0) is 22.0. The SMILES string of the molecule is CC(C)(NC(=O)C(F)F)O[C@@H](CCF)c1ccc(B2OC(C)(C)C(C)(C)O2)cc1. The predicted molar refractivity (Wildman–Crippen MR) is 105 cm³/mol. The molecule has 0 bridgehead atoms. The Morgan fingerprint density at radius 2 is 1.66 bits per heavy atom. The van der Waals surface area contributed by atoms with Crippen molar-refractivity contribution in [3.8, 4) is 0 Å². The van der Waals surface area contributed by atoms with E-state index in [9.17, 15) is 18.0 Å². The molecule has 1 aliphatic rings. The first-order valence-electron chi connectivity index (χ1n) is 9.57. The number of carbonyl (C=O) groups excluding carboxylic acids is 1. The van der Waals surface area contributed by atoms with Gasteiger partial charge in [0.1, 0.15) is 5.72 Å². The van der Waals surface area contributed by atoms with Crippen LogP contribution in [0.5, 0.6) is 0 Å². The summed E-state index contributed by atoms with van der Waals surface area (Å²) < 4.78 is 55.9. The van der Waals surface area contributed by atoms with Crippen molar-refractivity contribution < 1.29 is 32.0 Å². The summed E-state index contributed by atoms with van der Waals surface area (Å²) in [6, 6.07) is 7.12. The molecular weight excluding hydrogens is 386 g/mol. The van der Waals surface area contributed by atoms with Crippen molar-refractivity contribution in [3.63, 3.8) is 0 Å². The van der Waals surface area contributed by atoms with Crippen molar-refractivity contribution in [2.45, 2.75) is 77.4 Å². The van der Waals surface area contributed by atoms with E-state index in [-0.39, 0.29) is 6.42 Å². The molecule has 29 heavy (non-hydrogen) atoms. The minimum absolute atomic E-state index is 0.0177. The number of hydrogen-bond acceptors (Lipinski definition) is 4. The lowest BCUT2D eigenvalue weighted by Crippen LogP contribution is -2.48. The fraction of sp³-hybridized carbons (Fsp3) is 0.650. The van der Waals surface area contributed by atoms with E-state index >= 15 is 0 Å². The molecule has 1 fully saturated rings. The molecule has 1 atom stereocenters. The van der Waals surface area contributed by atoms with E-state index in [1.165, 1.54) is 13.8 Å². The Labute approximate surface area is 170 Å². The average molecular weight is 415 g/mol. The van der Waals surface area contributed by atoms with Gasteiger partial charge in [0, 0.05) is 6.42 Å². The summed E-state index contributed by atoms with van der Waals surface area (Å²) in [5.74, 6) is -1.44. The lowest BCUT2D eigenvalue weighted by molar-refractivity contribution is -0.148. The van der Waals surface area contributed by atoms with Gasteiger partial charge in [0.2, 0.25) is 0 Å². The fourth-order valence-electron chi connectivity index (χ4n) is 2.98. The summed E-state index contributed by atoms with van der Waals surface area (Å²) >= 11 is 0. The Kier molecular flexibility index (Phi) is 7.07. The van der Waals surface area contributed by atoms with Crippen molar-refractivity contribution in [2.24, 2.45) is 0 Å². The number of nitrogens with one attached hydrogen (secondary N) is 1. The van der Waals surface area contributed by atoms with Gasteiger partial charge < -0.3 is 19.4 Å². The molecule has 1 N–H and O–H groups in total. The molecule has 1 heterocycles. The molecule has 0 aromatic heterocycles. The number of amides is 1. The minimum atomic E-state index is -3.16. The molecule has 0 radical (unpaired) electrons. The number of carbonyl (C=O) groups is 1. The van der Waals surface area contributed by atoms with Crippen LogP contribution in [0.25, 0.3) is 0 Å². The highest BCUT2D eigenvalue weighted by atomic mass is 19.3. The zero-order valence-corrected chi connectivity index (χ0v) is 17.7. The van der Waals surface area contributed by atoms with Crippen LogP contribution in [-0.4, -0.2) is 43.1 Å². The molecular formula is C20H29BF3NO4. The largest absolute Gasteiger partial charge is 0.494 e. The molecule has 162 valence electrons. The molecule has 2 rings (SSSR count). The summed E-state index contributed by atoms with van der Waals surface area (Å²) in [5, 5.41) is 2.11. The number of rotatable bonds is 8. The minimum Gasteiger partial charge on any atom is -0.399 e. The molecule has 0 unspecified atom stereocenters. The molecule has 1 amide bonds. The molecule has 0 spiro atoms. The van der Waals surface area contributed by atoms with E-state index in [0.29, 0.717) is 5.56 Å². The highest BCUT2D eigenvalue weighted by Gasteiger charge is 2.51. The molecule has 9 heteroatoms. The standard InChI is InChI=1S/C20H29BF3NO4/c1-18(2)19(3,4)29-21(28-18)14-9-7-13(8-10-14)15(11-12-22)27-20(5,6)25-17(26)16(23)24/h7-10,15-16H,11-12H2,1-6H3,(H,25,26)/t15-/m0/s1. The van der Waals surface area contributed by atoms with Gasteiger partial charge in [0.05, 0.1) is 24.0 Å². The second-order valence-electron chi connectivity index (χ2n) is 8.64. The zero-order valence-electron chi connectivity index (χ0n) is 17.7. The second kappa shape index (κ2) is 8.66. The van der Waals surface area contributed by atoms with Crippen LogP contribution in [-0.2, 0) is 18.8 Å². The monoisotopic (exact) mass is 415 g/mol. The average Bonchev–Trinajstić information content (AvgIpc) is 2.81. The smallest absolute Gasteiger partial charge is 0.399 e. The van der Waals surface area contributed by atoms with Crippen LogP contribution in [0.2, 0.25) is 0 Å². The lowest BCUT2D eigenvalue weighted by atomic mass is 9.78. The van der Waals surface area contributed by atoms with Gasteiger partial charge in [-0.2, -0.15) is 8.78 Å². The van der Waals surface area contributed by atoms with Crippen LogP contribution in [0.15, 0.2) is 24.3 Å². The van der Waals surface area contributed by atoms with E-state index in [0.717, 1.165) is 5.46 Å². The maximum absolute atomic E-state index is 13.1. The molecule has 1 saturated heterocycles. The summed E-state index contributed by atoms with van der Waals surface area (Å²) in [6.07, 6.45) is -3.86. The maximum atomic E-state index is 13.1.